The van der Waals surface area contributed by atoms with E-state index in [-0.39, 0.29) is 0 Å². The number of rotatable bonds is 7. The first-order valence-corrected chi connectivity index (χ1v) is 9.88. The maximum atomic E-state index is 8.97. The second-order valence-electron chi connectivity index (χ2n) is 7.78. The number of hydrogen-bond acceptors (Lipinski definition) is 1. The molecule has 0 aromatic heterocycles. The monoisotopic (exact) mass is 301 g/mol. The minimum absolute atomic E-state index is 0.367. The van der Waals surface area contributed by atoms with Crippen molar-refractivity contribution in [3.05, 3.63) is 12.2 Å². The van der Waals surface area contributed by atoms with Gasteiger partial charge in [-0.15, -0.1) is 0 Å². The van der Waals surface area contributed by atoms with E-state index in [9.17, 15) is 0 Å². The molecule has 0 aromatic rings. The third kappa shape index (κ3) is 6.15. The fourth-order valence-corrected chi connectivity index (χ4v) is 4.33. The molecule has 0 bridgehead atoms. The molecule has 1 heteroatoms. The van der Waals surface area contributed by atoms with Gasteiger partial charge in [-0.2, -0.15) is 5.26 Å². The predicted molar refractivity (Wildman–Crippen MR) is 94.4 cm³/mol. The Kier molecular flexibility index (Phi) is 8.06. The molecule has 0 amide bonds. The van der Waals surface area contributed by atoms with Gasteiger partial charge in [0.2, 0.25) is 0 Å². The highest BCUT2D eigenvalue weighted by molar-refractivity contribution is 4.91. The average Bonchev–Trinajstić information content (AvgIpc) is 2.58. The van der Waals surface area contributed by atoms with Crippen molar-refractivity contribution in [2.45, 2.75) is 90.4 Å². The maximum absolute atomic E-state index is 8.97. The van der Waals surface area contributed by atoms with E-state index in [1.54, 1.807) is 0 Å². The second kappa shape index (κ2) is 10.1. The third-order valence-corrected chi connectivity index (χ3v) is 6.04. The highest BCUT2D eigenvalue weighted by Gasteiger charge is 2.23. The van der Waals surface area contributed by atoms with Gasteiger partial charge in [0, 0.05) is 5.92 Å². The van der Waals surface area contributed by atoms with Gasteiger partial charge in [-0.3, -0.25) is 0 Å². The van der Waals surface area contributed by atoms with Crippen molar-refractivity contribution in [2.24, 2.45) is 23.7 Å². The molecule has 0 spiro atoms. The minimum atomic E-state index is 0.367. The molecular formula is C21H35N. The molecule has 0 radical (unpaired) electrons. The molecule has 0 atom stereocenters. The largest absolute Gasteiger partial charge is 0.198 e. The van der Waals surface area contributed by atoms with Crippen molar-refractivity contribution in [3.8, 4) is 6.07 Å². The SMILES string of the molecule is CCCCC=CC1CCC(CCC2CCC(C#N)CC2)CC1. The zero-order chi connectivity index (χ0) is 15.6. The lowest BCUT2D eigenvalue weighted by molar-refractivity contribution is 0.242. The zero-order valence-corrected chi connectivity index (χ0v) is 14.6. The molecular weight excluding hydrogens is 266 g/mol. The van der Waals surface area contributed by atoms with Crippen molar-refractivity contribution in [3.63, 3.8) is 0 Å². The van der Waals surface area contributed by atoms with E-state index in [4.69, 9.17) is 5.26 Å². The van der Waals surface area contributed by atoms with Gasteiger partial charge < -0.3 is 0 Å². The molecule has 0 saturated heterocycles. The number of unbranched alkanes of at least 4 members (excludes halogenated alkanes) is 2. The van der Waals surface area contributed by atoms with Crippen molar-refractivity contribution < 1.29 is 0 Å². The maximum Gasteiger partial charge on any atom is 0.0655 e. The molecule has 124 valence electrons. The lowest BCUT2D eigenvalue weighted by atomic mass is 9.76. The summed E-state index contributed by atoms with van der Waals surface area (Å²) in [6.45, 7) is 2.27. The summed E-state index contributed by atoms with van der Waals surface area (Å²) in [6, 6.07) is 2.45. The summed E-state index contributed by atoms with van der Waals surface area (Å²) < 4.78 is 0. The summed E-state index contributed by atoms with van der Waals surface area (Å²) >= 11 is 0. The number of nitriles is 1. The second-order valence-corrected chi connectivity index (χ2v) is 7.78. The van der Waals surface area contributed by atoms with E-state index in [0.717, 1.165) is 30.6 Å². The van der Waals surface area contributed by atoms with Crippen LogP contribution in [0.4, 0.5) is 0 Å². The lowest BCUT2D eigenvalue weighted by Crippen LogP contribution is -2.17. The van der Waals surface area contributed by atoms with Gasteiger partial charge in [0.1, 0.15) is 0 Å². The van der Waals surface area contributed by atoms with Crippen LogP contribution in [0.25, 0.3) is 0 Å². The summed E-state index contributed by atoms with van der Waals surface area (Å²) in [5.41, 5.74) is 0. The Balaban J connectivity index is 1.56. The standard InChI is InChI=1S/C21H35N/c1-2-3-4-5-6-18-7-9-19(10-8-18)11-12-20-13-15-21(17-22)16-14-20/h5-6,18-21H,2-4,7-16H2,1H3. The van der Waals surface area contributed by atoms with Gasteiger partial charge in [0.05, 0.1) is 6.07 Å². The van der Waals surface area contributed by atoms with Crippen molar-refractivity contribution in [2.75, 3.05) is 0 Å². The topological polar surface area (TPSA) is 23.8 Å². The molecule has 2 aliphatic carbocycles. The molecule has 2 fully saturated rings. The van der Waals surface area contributed by atoms with Crippen LogP contribution in [-0.4, -0.2) is 0 Å². The van der Waals surface area contributed by atoms with Gasteiger partial charge in [0.25, 0.3) is 0 Å². The summed E-state index contributed by atoms with van der Waals surface area (Å²) in [5.74, 6) is 3.16. The molecule has 2 saturated carbocycles. The summed E-state index contributed by atoms with van der Waals surface area (Å²) in [7, 11) is 0. The van der Waals surface area contributed by atoms with E-state index in [2.05, 4.69) is 25.1 Å². The number of nitrogens with zero attached hydrogens (tertiary/aromatic N) is 1. The summed E-state index contributed by atoms with van der Waals surface area (Å²) in [6.07, 6.45) is 22.5. The summed E-state index contributed by atoms with van der Waals surface area (Å²) in [4.78, 5) is 0. The molecule has 2 aliphatic rings. The van der Waals surface area contributed by atoms with Crippen LogP contribution in [-0.2, 0) is 0 Å². The van der Waals surface area contributed by atoms with Gasteiger partial charge in [-0.05, 0) is 75.5 Å². The normalized spacial score (nSPS) is 32.9. The van der Waals surface area contributed by atoms with Crippen LogP contribution >= 0.6 is 0 Å². The Labute approximate surface area is 138 Å². The van der Waals surface area contributed by atoms with Crippen LogP contribution in [0, 0.1) is 35.0 Å². The van der Waals surface area contributed by atoms with Crippen LogP contribution in [0.5, 0.6) is 0 Å². The Morgan fingerprint density at radius 2 is 1.50 bits per heavy atom. The van der Waals surface area contributed by atoms with E-state index >= 15 is 0 Å². The zero-order valence-electron chi connectivity index (χ0n) is 14.6. The van der Waals surface area contributed by atoms with Gasteiger partial charge in [0.15, 0.2) is 0 Å². The van der Waals surface area contributed by atoms with E-state index < -0.39 is 0 Å². The van der Waals surface area contributed by atoms with Crippen LogP contribution in [0.2, 0.25) is 0 Å². The Bertz CT molecular complexity index is 349. The first kappa shape index (κ1) is 17.6. The molecule has 0 heterocycles. The number of allylic oxidation sites excluding steroid dienone is 2. The highest BCUT2D eigenvalue weighted by atomic mass is 14.3. The van der Waals surface area contributed by atoms with Crippen molar-refractivity contribution in [1.82, 2.24) is 0 Å². The van der Waals surface area contributed by atoms with Gasteiger partial charge in [-0.25, -0.2) is 0 Å². The molecule has 0 unspecified atom stereocenters. The third-order valence-electron chi connectivity index (χ3n) is 6.04. The number of hydrogen-bond donors (Lipinski definition) is 0. The summed E-state index contributed by atoms with van der Waals surface area (Å²) in [5, 5.41) is 8.97. The molecule has 0 aliphatic heterocycles. The quantitative estimate of drug-likeness (QED) is 0.381. The van der Waals surface area contributed by atoms with Gasteiger partial charge >= 0.3 is 0 Å². The Morgan fingerprint density at radius 1 is 0.909 bits per heavy atom. The van der Waals surface area contributed by atoms with E-state index in [1.807, 2.05) is 0 Å². The van der Waals surface area contributed by atoms with Crippen molar-refractivity contribution >= 4 is 0 Å². The predicted octanol–water partition coefficient (Wildman–Crippen LogP) is 6.65. The van der Waals surface area contributed by atoms with E-state index in [0.29, 0.717) is 5.92 Å². The molecule has 0 aromatic carbocycles. The average molecular weight is 302 g/mol. The fourth-order valence-electron chi connectivity index (χ4n) is 4.33. The van der Waals surface area contributed by atoms with E-state index in [1.165, 1.54) is 70.6 Å². The van der Waals surface area contributed by atoms with Gasteiger partial charge in [-0.1, -0.05) is 44.8 Å². The van der Waals surface area contributed by atoms with Crippen LogP contribution in [0.3, 0.4) is 0 Å². The van der Waals surface area contributed by atoms with Crippen molar-refractivity contribution in [1.29, 1.82) is 5.26 Å². The van der Waals surface area contributed by atoms with Crippen LogP contribution in [0.15, 0.2) is 12.2 Å². The fraction of sp³-hybridized carbons (Fsp3) is 0.857. The molecule has 0 N–H and O–H groups in total. The molecule has 2 rings (SSSR count). The Morgan fingerprint density at radius 3 is 2.05 bits per heavy atom. The first-order valence-electron chi connectivity index (χ1n) is 9.88. The minimum Gasteiger partial charge on any atom is -0.198 e. The van der Waals surface area contributed by atoms with Crippen LogP contribution < -0.4 is 0 Å². The Hall–Kier alpha value is -0.770. The lowest BCUT2D eigenvalue weighted by Gasteiger charge is -2.30. The highest BCUT2D eigenvalue weighted by Crippen LogP contribution is 2.36. The smallest absolute Gasteiger partial charge is 0.0655 e. The molecule has 1 nitrogen and oxygen atoms in total. The first-order chi connectivity index (χ1) is 10.8. The van der Waals surface area contributed by atoms with Crippen LogP contribution in [0.1, 0.15) is 90.4 Å². The molecule has 22 heavy (non-hydrogen) atoms.